The molecule has 82 valence electrons. The van der Waals surface area contributed by atoms with Gasteiger partial charge in [0.05, 0.1) is 5.69 Å². The first kappa shape index (κ1) is 11.2. The zero-order valence-electron chi connectivity index (χ0n) is 8.82. The zero-order chi connectivity index (χ0) is 10.7. The molecule has 0 amide bonds. The third-order valence-corrected chi connectivity index (χ3v) is 3.98. The van der Waals surface area contributed by atoms with Gasteiger partial charge in [0.2, 0.25) is 0 Å². The highest BCUT2D eigenvalue weighted by Gasteiger charge is 2.21. The highest BCUT2D eigenvalue weighted by atomic mass is 35.5. The molecule has 1 aliphatic heterocycles. The second kappa shape index (κ2) is 5.19. The van der Waals surface area contributed by atoms with Crippen LogP contribution >= 0.6 is 23.4 Å². The molecule has 1 fully saturated rings. The second-order valence-electron chi connectivity index (χ2n) is 3.83. The van der Waals surface area contributed by atoms with Crippen LogP contribution in [0.5, 0.6) is 0 Å². The van der Waals surface area contributed by atoms with Crippen LogP contribution in [0.3, 0.4) is 0 Å². The van der Waals surface area contributed by atoms with Crippen LogP contribution in [0.25, 0.3) is 0 Å². The van der Waals surface area contributed by atoms with Crippen LogP contribution in [0.15, 0.2) is 18.2 Å². The molecule has 15 heavy (non-hydrogen) atoms. The van der Waals surface area contributed by atoms with Crippen LogP contribution in [-0.4, -0.2) is 34.5 Å². The molecule has 0 aliphatic carbocycles. The van der Waals surface area contributed by atoms with Crippen molar-refractivity contribution in [2.45, 2.75) is 18.2 Å². The summed E-state index contributed by atoms with van der Waals surface area (Å²) in [5.74, 6) is 0. The molecule has 1 unspecified atom stereocenters. The molecule has 2 nitrogen and oxygen atoms in total. The minimum Gasteiger partial charge on any atom is -0.296 e. The number of thioether (sulfide) groups is 1. The van der Waals surface area contributed by atoms with Gasteiger partial charge in [-0.25, -0.2) is 4.98 Å². The molecule has 0 spiro atoms. The number of aromatic nitrogens is 1. The molecule has 1 aliphatic rings. The first-order chi connectivity index (χ1) is 7.28. The van der Waals surface area contributed by atoms with Crippen LogP contribution in [0.1, 0.15) is 12.1 Å². The van der Waals surface area contributed by atoms with E-state index in [4.69, 9.17) is 11.6 Å². The number of rotatable bonds is 3. The van der Waals surface area contributed by atoms with Gasteiger partial charge in [-0.3, -0.25) is 4.90 Å². The average Bonchev–Trinajstić information content (AvgIpc) is 2.65. The molecule has 0 saturated carbocycles. The molecule has 1 saturated heterocycles. The summed E-state index contributed by atoms with van der Waals surface area (Å²) in [7, 11) is 0. The second-order valence-corrected chi connectivity index (χ2v) is 5.36. The summed E-state index contributed by atoms with van der Waals surface area (Å²) in [6, 6.07) is 5.82. The summed E-state index contributed by atoms with van der Waals surface area (Å²) in [6.45, 7) is 3.28. The topological polar surface area (TPSA) is 16.1 Å². The first-order valence-electron chi connectivity index (χ1n) is 5.14. The minimum absolute atomic E-state index is 0.591. The Kier molecular flexibility index (Phi) is 3.89. The van der Waals surface area contributed by atoms with Gasteiger partial charge in [0, 0.05) is 18.3 Å². The van der Waals surface area contributed by atoms with Gasteiger partial charge in [-0.2, -0.15) is 11.8 Å². The molecule has 1 aromatic heterocycles. The molecule has 0 N–H and O–H groups in total. The number of likely N-dealkylation sites (tertiary alicyclic amines) is 1. The smallest absolute Gasteiger partial charge is 0.129 e. The first-order valence-corrected chi connectivity index (χ1v) is 6.81. The summed E-state index contributed by atoms with van der Waals surface area (Å²) >= 11 is 7.81. The summed E-state index contributed by atoms with van der Waals surface area (Å²) < 4.78 is 0. The largest absolute Gasteiger partial charge is 0.296 e. The molecule has 0 bridgehead atoms. The van der Waals surface area contributed by atoms with Gasteiger partial charge in [-0.1, -0.05) is 17.7 Å². The van der Waals surface area contributed by atoms with E-state index >= 15 is 0 Å². The van der Waals surface area contributed by atoms with E-state index in [0.29, 0.717) is 5.15 Å². The van der Waals surface area contributed by atoms with E-state index in [2.05, 4.69) is 16.1 Å². The van der Waals surface area contributed by atoms with Crippen molar-refractivity contribution in [3.63, 3.8) is 0 Å². The summed E-state index contributed by atoms with van der Waals surface area (Å²) in [5, 5.41) is 1.39. The van der Waals surface area contributed by atoms with Crippen molar-refractivity contribution in [2.24, 2.45) is 0 Å². The average molecular weight is 243 g/mol. The molecule has 1 atom stereocenters. The summed E-state index contributed by atoms with van der Waals surface area (Å²) in [6.07, 6.45) is 3.48. The Morgan fingerprint density at radius 2 is 2.47 bits per heavy atom. The fraction of sp³-hybridized carbons (Fsp3) is 0.545. The lowest BCUT2D eigenvalue weighted by Crippen LogP contribution is -2.21. The molecule has 2 heterocycles. The number of hydrogen-bond donors (Lipinski definition) is 0. The third kappa shape index (κ3) is 3.10. The van der Waals surface area contributed by atoms with Crippen molar-refractivity contribution in [2.75, 3.05) is 19.3 Å². The Morgan fingerprint density at radius 3 is 3.13 bits per heavy atom. The minimum atomic E-state index is 0.591. The zero-order valence-corrected chi connectivity index (χ0v) is 10.4. The quantitative estimate of drug-likeness (QED) is 0.759. The predicted molar refractivity (Wildman–Crippen MR) is 66.4 cm³/mol. The standard InChI is InChI=1S/C11H15ClN2S/c1-15-10-5-6-14(8-10)7-9-3-2-4-11(12)13-9/h2-4,10H,5-8H2,1H3. The molecule has 0 aromatic carbocycles. The molecule has 4 heteroatoms. The molecule has 0 radical (unpaired) electrons. The van der Waals surface area contributed by atoms with Gasteiger partial charge in [-0.15, -0.1) is 0 Å². The molecular weight excluding hydrogens is 228 g/mol. The Balaban J connectivity index is 1.92. The number of hydrogen-bond acceptors (Lipinski definition) is 3. The lowest BCUT2D eigenvalue weighted by Gasteiger charge is -2.14. The highest BCUT2D eigenvalue weighted by molar-refractivity contribution is 7.99. The molecular formula is C11H15ClN2S. The van der Waals surface area contributed by atoms with Crippen molar-refractivity contribution < 1.29 is 0 Å². The fourth-order valence-electron chi connectivity index (χ4n) is 1.90. The van der Waals surface area contributed by atoms with Gasteiger partial charge in [-0.05, 0) is 31.4 Å². The fourth-order valence-corrected chi connectivity index (χ4v) is 2.78. The van der Waals surface area contributed by atoms with E-state index in [1.807, 2.05) is 30.0 Å². The Bertz CT molecular complexity index is 332. The number of nitrogens with zero attached hydrogens (tertiary/aromatic N) is 2. The Morgan fingerprint density at radius 1 is 1.60 bits per heavy atom. The number of pyridine rings is 1. The monoisotopic (exact) mass is 242 g/mol. The van der Waals surface area contributed by atoms with Crippen molar-refractivity contribution in [3.8, 4) is 0 Å². The molecule has 2 rings (SSSR count). The van der Waals surface area contributed by atoms with Crippen molar-refractivity contribution in [1.29, 1.82) is 0 Å². The van der Waals surface area contributed by atoms with E-state index < -0.39 is 0 Å². The van der Waals surface area contributed by atoms with Crippen LogP contribution in [0, 0.1) is 0 Å². The predicted octanol–water partition coefficient (Wildman–Crippen LogP) is 2.67. The van der Waals surface area contributed by atoms with Gasteiger partial charge >= 0.3 is 0 Å². The van der Waals surface area contributed by atoms with Gasteiger partial charge in [0.15, 0.2) is 0 Å². The van der Waals surface area contributed by atoms with E-state index in [9.17, 15) is 0 Å². The van der Waals surface area contributed by atoms with Gasteiger partial charge < -0.3 is 0 Å². The van der Waals surface area contributed by atoms with Crippen molar-refractivity contribution >= 4 is 23.4 Å². The van der Waals surface area contributed by atoms with Crippen LogP contribution < -0.4 is 0 Å². The number of halogens is 1. The maximum absolute atomic E-state index is 5.85. The SMILES string of the molecule is CSC1CCN(Cc2cccc(Cl)n2)C1. The van der Waals surface area contributed by atoms with Crippen molar-refractivity contribution in [3.05, 3.63) is 29.0 Å². The maximum Gasteiger partial charge on any atom is 0.129 e. The van der Waals surface area contributed by atoms with E-state index in [-0.39, 0.29) is 0 Å². The molecule has 1 aromatic rings. The Hall–Kier alpha value is -0.250. The van der Waals surface area contributed by atoms with Crippen LogP contribution in [-0.2, 0) is 6.54 Å². The van der Waals surface area contributed by atoms with Crippen LogP contribution in [0.2, 0.25) is 5.15 Å². The van der Waals surface area contributed by atoms with Gasteiger partial charge in [0.25, 0.3) is 0 Å². The lowest BCUT2D eigenvalue weighted by molar-refractivity contribution is 0.328. The van der Waals surface area contributed by atoms with Crippen LogP contribution in [0.4, 0.5) is 0 Å². The van der Waals surface area contributed by atoms with E-state index in [1.165, 1.54) is 19.5 Å². The Labute approximate surface area is 100 Å². The highest BCUT2D eigenvalue weighted by Crippen LogP contribution is 2.21. The van der Waals surface area contributed by atoms with Crippen molar-refractivity contribution in [1.82, 2.24) is 9.88 Å². The maximum atomic E-state index is 5.85. The normalized spacial score (nSPS) is 22.1. The lowest BCUT2D eigenvalue weighted by atomic mass is 10.3. The van der Waals surface area contributed by atoms with Gasteiger partial charge in [0.1, 0.15) is 5.15 Å². The summed E-state index contributed by atoms with van der Waals surface area (Å²) in [5.41, 5.74) is 1.07. The van der Waals surface area contributed by atoms with E-state index in [0.717, 1.165) is 17.5 Å². The summed E-state index contributed by atoms with van der Waals surface area (Å²) in [4.78, 5) is 6.75. The van der Waals surface area contributed by atoms with E-state index in [1.54, 1.807) is 0 Å². The third-order valence-electron chi connectivity index (χ3n) is 2.72.